The van der Waals surface area contributed by atoms with Crippen LogP contribution in [-0.2, 0) is 6.42 Å². The van der Waals surface area contributed by atoms with Crippen LogP contribution in [0.2, 0.25) is 0 Å². The normalized spacial score (nSPS) is 14.2. The van der Waals surface area contributed by atoms with Crippen LogP contribution in [0.4, 0.5) is 0 Å². The molecule has 2 aromatic carbocycles. The minimum absolute atomic E-state index is 0.250. The van der Waals surface area contributed by atoms with E-state index in [1.807, 2.05) is 30.3 Å². The Hall–Kier alpha value is -1.87. The summed E-state index contributed by atoms with van der Waals surface area (Å²) in [6.07, 6.45) is 0.939. The highest BCUT2D eigenvalue weighted by atomic mass is 35.5. The first-order chi connectivity index (χ1) is 10.2. The van der Waals surface area contributed by atoms with E-state index in [9.17, 15) is 0 Å². The van der Waals surface area contributed by atoms with Gasteiger partial charge in [-0.2, -0.15) is 0 Å². The van der Waals surface area contributed by atoms with Crippen LogP contribution < -0.4 is 14.2 Å². The number of hydrogen-bond donors (Lipinski definition) is 0. The van der Waals surface area contributed by atoms with Crippen molar-refractivity contribution in [3.8, 4) is 17.2 Å². The van der Waals surface area contributed by atoms with Gasteiger partial charge in [-0.15, -0.1) is 11.6 Å². The van der Waals surface area contributed by atoms with E-state index in [2.05, 4.69) is 6.07 Å². The highest BCUT2D eigenvalue weighted by Crippen LogP contribution is 2.36. The summed E-state index contributed by atoms with van der Waals surface area (Å²) in [6.45, 7) is 0.749. The maximum Gasteiger partial charge on any atom is 0.122 e. The van der Waals surface area contributed by atoms with Crippen LogP contribution in [0.1, 0.15) is 22.1 Å². The quantitative estimate of drug-likeness (QED) is 0.800. The van der Waals surface area contributed by atoms with Gasteiger partial charge in [0.2, 0.25) is 0 Å². The van der Waals surface area contributed by atoms with Gasteiger partial charge in [0.1, 0.15) is 17.2 Å². The van der Waals surface area contributed by atoms with Gasteiger partial charge in [0, 0.05) is 12.5 Å². The summed E-state index contributed by atoms with van der Waals surface area (Å²) in [5, 5.41) is -0.250. The summed E-state index contributed by atoms with van der Waals surface area (Å²) < 4.78 is 16.1. The number of methoxy groups -OCH3 is 2. The van der Waals surface area contributed by atoms with E-state index in [0.29, 0.717) is 0 Å². The number of halogens is 1. The molecule has 1 atom stereocenters. The van der Waals surface area contributed by atoms with Gasteiger partial charge >= 0.3 is 0 Å². The highest BCUT2D eigenvalue weighted by Gasteiger charge is 2.18. The van der Waals surface area contributed by atoms with Crippen molar-refractivity contribution >= 4 is 11.6 Å². The fourth-order valence-corrected chi connectivity index (χ4v) is 2.79. The number of rotatable bonds is 4. The lowest BCUT2D eigenvalue weighted by atomic mass is 10.0. The lowest BCUT2D eigenvalue weighted by molar-refractivity contribution is 0.357. The molecule has 1 heterocycles. The summed E-state index contributed by atoms with van der Waals surface area (Å²) in [5.41, 5.74) is 3.22. The molecule has 0 N–H and O–H groups in total. The van der Waals surface area contributed by atoms with Gasteiger partial charge in [0.25, 0.3) is 0 Å². The molecule has 4 heteroatoms. The van der Waals surface area contributed by atoms with Crippen molar-refractivity contribution in [1.29, 1.82) is 0 Å². The van der Waals surface area contributed by atoms with Crippen molar-refractivity contribution in [3.63, 3.8) is 0 Å². The topological polar surface area (TPSA) is 27.7 Å². The number of ether oxygens (including phenoxy) is 3. The van der Waals surface area contributed by atoms with Crippen LogP contribution in [0, 0.1) is 0 Å². The highest BCUT2D eigenvalue weighted by molar-refractivity contribution is 6.22. The van der Waals surface area contributed by atoms with Gasteiger partial charge in [-0.25, -0.2) is 0 Å². The maximum atomic E-state index is 6.64. The summed E-state index contributed by atoms with van der Waals surface area (Å²) in [5.74, 6) is 2.44. The molecule has 0 radical (unpaired) electrons. The van der Waals surface area contributed by atoms with Crippen molar-refractivity contribution < 1.29 is 14.2 Å². The van der Waals surface area contributed by atoms with E-state index >= 15 is 0 Å². The SMILES string of the molecule is COc1cc(OC)cc(C(Cl)c2ccc3c(c2)CCO3)c1. The molecule has 110 valence electrons. The second kappa shape index (κ2) is 5.86. The maximum absolute atomic E-state index is 6.64. The van der Waals surface area contributed by atoms with Crippen LogP contribution >= 0.6 is 11.6 Å². The van der Waals surface area contributed by atoms with Crippen molar-refractivity contribution in [2.45, 2.75) is 11.8 Å². The Morgan fingerprint density at radius 2 is 1.71 bits per heavy atom. The van der Waals surface area contributed by atoms with Crippen LogP contribution in [0.25, 0.3) is 0 Å². The van der Waals surface area contributed by atoms with Crippen molar-refractivity contribution in [3.05, 3.63) is 53.1 Å². The molecule has 3 nitrogen and oxygen atoms in total. The first kappa shape index (κ1) is 14.1. The first-order valence-corrected chi connectivity index (χ1v) is 7.27. The summed E-state index contributed by atoms with van der Waals surface area (Å²) in [4.78, 5) is 0. The van der Waals surface area contributed by atoms with E-state index in [1.165, 1.54) is 5.56 Å². The Labute approximate surface area is 129 Å². The molecule has 1 unspecified atom stereocenters. The average molecular weight is 305 g/mol. The zero-order valence-electron chi connectivity index (χ0n) is 12.1. The van der Waals surface area contributed by atoms with Crippen molar-refractivity contribution in [2.24, 2.45) is 0 Å². The molecular formula is C17H17ClO3. The second-order valence-corrected chi connectivity index (χ2v) is 5.41. The minimum Gasteiger partial charge on any atom is -0.497 e. The molecule has 3 rings (SSSR count). The average Bonchev–Trinajstić information content (AvgIpc) is 3.01. The van der Waals surface area contributed by atoms with Gasteiger partial charge in [0.15, 0.2) is 0 Å². The van der Waals surface area contributed by atoms with E-state index in [4.69, 9.17) is 25.8 Å². The molecule has 0 bridgehead atoms. The molecule has 0 aromatic heterocycles. The molecule has 0 fully saturated rings. The third kappa shape index (κ3) is 2.79. The Morgan fingerprint density at radius 3 is 2.38 bits per heavy atom. The van der Waals surface area contributed by atoms with Crippen LogP contribution in [0.3, 0.4) is 0 Å². The lowest BCUT2D eigenvalue weighted by Gasteiger charge is -2.14. The summed E-state index contributed by atoms with van der Waals surface area (Å²) in [7, 11) is 3.27. The Kier molecular flexibility index (Phi) is 3.93. The fourth-order valence-electron chi connectivity index (χ4n) is 2.53. The number of hydrogen-bond acceptors (Lipinski definition) is 3. The van der Waals surface area contributed by atoms with Gasteiger partial charge in [-0.05, 0) is 34.9 Å². The summed E-state index contributed by atoms with van der Waals surface area (Å²) >= 11 is 6.64. The van der Waals surface area contributed by atoms with Crippen molar-refractivity contribution in [2.75, 3.05) is 20.8 Å². The standard InChI is InChI=1S/C17H17ClO3/c1-19-14-8-13(9-15(10-14)20-2)17(18)12-3-4-16-11(7-12)5-6-21-16/h3-4,7-10,17H,5-6H2,1-2H3. The number of fused-ring (bicyclic) bond motifs is 1. The Balaban J connectivity index is 1.96. The molecule has 0 saturated heterocycles. The molecule has 2 aromatic rings. The lowest BCUT2D eigenvalue weighted by Crippen LogP contribution is -1.97. The molecule has 0 spiro atoms. The minimum atomic E-state index is -0.250. The molecule has 1 aliphatic heterocycles. The Morgan fingerprint density at radius 1 is 1.00 bits per heavy atom. The van der Waals surface area contributed by atoms with Crippen LogP contribution in [0.15, 0.2) is 36.4 Å². The van der Waals surface area contributed by atoms with Crippen molar-refractivity contribution in [1.82, 2.24) is 0 Å². The number of alkyl halides is 1. The van der Waals surface area contributed by atoms with Gasteiger partial charge in [-0.3, -0.25) is 0 Å². The summed E-state index contributed by atoms with van der Waals surface area (Å²) in [6, 6.07) is 11.8. The molecule has 0 amide bonds. The van der Waals surface area contributed by atoms with Gasteiger partial charge in [0.05, 0.1) is 26.2 Å². The molecule has 0 aliphatic carbocycles. The predicted molar refractivity (Wildman–Crippen MR) is 82.9 cm³/mol. The largest absolute Gasteiger partial charge is 0.497 e. The molecule has 0 saturated carbocycles. The van der Waals surface area contributed by atoms with E-state index in [1.54, 1.807) is 14.2 Å². The van der Waals surface area contributed by atoms with Gasteiger partial charge in [-0.1, -0.05) is 12.1 Å². The van der Waals surface area contributed by atoms with E-state index < -0.39 is 0 Å². The zero-order chi connectivity index (χ0) is 14.8. The Bertz CT molecular complexity index is 632. The third-order valence-corrected chi connectivity index (χ3v) is 4.18. The molecule has 21 heavy (non-hydrogen) atoms. The first-order valence-electron chi connectivity index (χ1n) is 6.84. The second-order valence-electron chi connectivity index (χ2n) is 4.97. The van der Waals surface area contributed by atoms with Crippen LogP contribution in [0.5, 0.6) is 17.2 Å². The van der Waals surface area contributed by atoms with Crippen LogP contribution in [-0.4, -0.2) is 20.8 Å². The fraction of sp³-hybridized carbons (Fsp3) is 0.294. The molecular weight excluding hydrogens is 288 g/mol. The zero-order valence-corrected chi connectivity index (χ0v) is 12.8. The smallest absolute Gasteiger partial charge is 0.122 e. The third-order valence-electron chi connectivity index (χ3n) is 3.67. The van der Waals surface area contributed by atoms with E-state index in [-0.39, 0.29) is 5.38 Å². The monoisotopic (exact) mass is 304 g/mol. The van der Waals surface area contributed by atoms with E-state index in [0.717, 1.165) is 41.4 Å². The molecule has 1 aliphatic rings. The van der Waals surface area contributed by atoms with Gasteiger partial charge < -0.3 is 14.2 Å². The predicted octanol–water partition coefficient (Wildman–Crippen LogP) is 3.97. The number of benzene rings is 2.